The lowest BCUT2D eigenvalue weighted by atomic mass is 9.96. The first kappa shape index (κ1) is 116. The number of hydrogen-bond donors (Lipinski definition) is 22. The molecule has 8 rings (SSSR count). The van der Waals surface area contributed by atoms with Crippen molar-refractivity contribution in [2.24, 2.45) is 28.9 Å². The molecule has 54 heteroatoms. The molecule has 26 N–H and O–H groups in total. The summed E-state index contributed by atoms with van der Waals surface area (Å²) in [6.07, 6.45) is 4.11. The van der Waals surface area contributed by atoms with Crippen LogP contribution in [0.3, 0.4) is 0 Å². The number of carboxylic acids is 2. The third kappa shape index (κ3) is 31.8. The van der Waals surface area contributed by atoms with Gasteiger partial charge in [-0.1, -0.05) is 20.3 Å². The molecule has 0 aromatic carbocycles. The number of aliphatic hydroxyl groups is 3. The van der Waals surface area contributed by atoms with Gasteiger partial charge in [0.1, 0.15) is 109 Å². The van der Waals surface area contributed by atoms with Crippen LogP contribution in [0.4, 0.5) is 0 Å². The quantitative estimate of drug-likeness (QED) is 0.0269. The first-order chi connectivity index (χ1) is 68.4. The molecular weight excluding hydrogens is 1910 g/mol. The van der Waals surface area contributed by atoms with Crippen LogP contribution in [0.5, 0.6) is 0 Å². The van der Waals surface area contributed by atoms with Crippen LogP contribution in [-0.4, -0.2) is 411 Å². The number of likely N-dealkylation sites (tertiary alicyclic amines) is 7. The van der Waals surface area contributed by atoms with Gasteiger partial charge in [-0.15, -0.1) is 0 Å². The second kappa shape index (κ2) is 55.9. The van der Waals surface area contributed by atoms with Gasteiger partial charge in [0, 0.05) is 77.0 Å². The number of nitrogens with zero attached hydrogens (tertiary/aromatic N) is 8. The fraction of sp³-hybridized carbons (Fsp3) is 0.711. The number of unbranched alkanes of at least 4 members (excludes halogenated alkanes) is 1. The number of carboxylic acid groups (broad SMARTS) is 2. The van der Waals surface area contributed by atoms with E-state index in [9.17, 15) is 136 Å². The van der Waals surface area contributed by atoms with Crippen molar-refractivity contribution in [1.29, 1.82) is 0 Å². The Morgan fingerprint density at radius 1 is 0.438 bits per heavy atom. The van der Waals surface area contributed by atoms with Crippen LogP contribution in [0, 0.1) is 5.92 Å². The molecule has 8 heterocycles. The molecule has 21 atom stereocenters. The third-order valence-electron chi connectivity index (χ3n) is 26.9. The standard InChI is InChI=1S/C90H141N25O28S/c1-7-46(2)70(107-75(127)55(39-50-41-95-45-97-50)104-82(134)71(49(5)118)108-76(128)57(43-116)105-72(124)47(3)98-74(126)53(25-27-66(93)119)101-78(130)60-19-11-31-109(60)84(136)51(92)29-38-144-6)81(133)102-52(17-8-9-30-91)73(125)99-48(4)83(135)113-35-14-22-63(113)88(140)115-37-16-24-65(115)89(141)114-36-15-23-64(114)87(139)112-34-13-21-62(112)80(132)106-58(44-117)86(138)111-33-12-20-61(111)79(131)103-54(26-28-69(122)123)85(137)110-32-10-18-59(110)77(129)96-42-68(121)100-56(90(142)143)40-67(94)120/h41,45-49,51-65,70-71,116-118H,7-40,42-44,91-92H2,1-6H3,(H2,93,119)(H2,94,120)(H,95,97)(H,96,129)(H,98,126)(H,99,125)(H,100,121)(H,101,130)(H,102,133)(H,103,131)(H,104,134)(H,105,124)(H,106,132)(H,107,127)(H,108,128)(H,122,123)(H,142,143)/t46-,47-,48-,49+,51-,52-,53-,54-,55-,56-,57-,58-,59-,60-,61-,62-,63-,64-,65-,70-,71-/m0/s1. The molecule has 7 aliphatic rings. The van der Waals surface area contributed by atoms with Crippen molar-refractivity contribution >= 4 is 148 Å². The van der Waals surface area contributed by atoms with Gasteiger partial charge in [0.05, 0.1) is 44.7 Å². The molecule has 0 unspecified atom stereocenters. The van der Waals surface area contributed by atoms with Gasteiger partial charge < -0.3 is 152 Å². The molecule has 144 heavy (non-hydrogen) atoms. The highest BCUT2D eigenvalue weighted by Crippen LogP contribution is 2.33. The average Bonchev–Trinajstić information content (AvgIpc) is 1.63. The molecule has 0 aliphatic carbocycles. The fourth-order valence-electron chi connectivity index (χ4n) is 18.9. The largest absolute Gasteiger partial charge is 0.481 e. The number of nitrogens with one attached hydrogen (secondary N) is 13. The molecule has 0 spiro atoms. The Bertz CT molecular complexity index is 4790. The summed E-state index contributed by atoms with van der Waals surface area (Å²) < 4.78 is 0. The van der Waals surface area contributed by atoms with Crippen LogP contribution in [0.25, 0.3) is 0 Å². The van der Waals surface area contributed by atoms with Crippen molar-refractivity contribution in [2.45, 2.75) is 316 Å². The van der Waals surface area contributed by atoms with E-state index in [0.29, 0.717) is 50.7 Å². The summed E-state index contributed by atoms with van der Waals surface area (Å²) in [6, 6.07) is -26.6. The number of carbonyl (C=O) groups is 23. The highest BCUT2D eigenvalue weighted by molar-refractivity contribution is 7.98. The number of aliphatic carboxylic acids is 2. The molecular formula is C90H141N25O28S. The van der Waals surface area contributed by atoms with Crippen LogP contribution in [0.1, 0.15) is 194 Å². The highest BCUT2D eigenvalue weighted by Gasteiger charge is 2.51. The fourth-order valence-corrected chi connectivity index (χ4v) is 19.3. The van der Waals surface area contributed by atoms with Gasteiger partial charge in [-0.05, 0) is 174 Å². The van der Waals surface area contributed by atoms with Gasteiger partial charge in [0.2, 0.25) is 124 Å². The first-order valence-corrected chi connectivity index (χ1v) is 50.4. The SMILES string of the molecule is CC[C@H](C)[C@H](NC(=O)[C@H](Cc1cnc[nH]1)NC(=O)[C@@H](NC(=O)[C@H](CO)NC(=O)[C@H](C)NC(=O)[C@H](CCC(N)=O)NC(=O)[C@@H]1CCCN1C(=O)[C@@H](N)CCSC)[C@@H](C)O)C(=O)N[C@@H](CCCCN)C(=O)N[C@@H](C)C(=O)N1CCC[C@H]1C(=O)N1CCC[C@H]1C(=O)N1CCC[C@H]1C(=O)N1CCC[C@H]1C(=O)N[C@@H](CO)C(=O)N1CCC[C@H]1C(=O)N[C@@H](CCC(=O)O)C(=O)N1CCC[C@H]1C(=O)NCC(=O)N[C@@H](CC(N)=O)C(=O)O. The minimum absolute atomic E-state index is 0.0140. The second-order valence-electron chi connectivity index (χ2n) is 37.4. The van der Waals surface area contributed by atoms with E-state index in [0.717, 1.165) is 16.7 Å². The molecule has 7 fully saturated rings. The van der Waals surface area contributed by atoms with Crippen LogP contribution >= 0.6 is 11.8 Å². The summed E-state index contributed by atoms with van der Waals surface area (Å²) in [7, 11) is 0. The number of hydrogen-bond acceptors (Lipinski definition) is 30. The molecule has 800 valence electrons. The zero-order chi connectivity index (χ0) is 106. The smallest absolute Gasteiger partial charge is 0.326 e. The first-order valence-electron chi connectivity index (χ1n) is 49.0. The molecule has 7 aliphatic heterocycles. The maximum atomic E-state index is 15.0. The van der Waals surface area contributed by atoms with E-state index >= 15 is 0 Å². The minimum Gasteiger partial charge on any atom is -0.481 e. The summed E-state index contributed by atoms with van der Waals surface area (Å²) in [6.45, 7) is 4.69. The van der Waals surface area contributed by atoms with Crippen LogP contribution in [0.15, 0.2) is 12.5 Å². The number of aliphatic hydroxyl groups excluding tert-OH is 3. The van der Waals surface area contributed by atoms with Crippen LogP contribution in [0.2, 0.25) is 0 Å². The number of aromatic amines is 1. The minimum atomic E-state index is -1.93. The number of H-pyrrole nitrogens is 1. The van der Waals surface area contributed by atoms with Crippen molar-refractivity contribution in [2.75, 3.05) is 84.1 Å². The number of thioether (sulfide) groups is 1. The molecule has 0 radical (unpaired) electrons. The monoisotopic (exact) mass is 2050 g/mol. The number of aromatic nitrogens is 2. The predicted molar refractivity (Wildman–Crippen MR) is 507 cm³/mol. The van der Waals surface area contributed by atoms with Crippen molar-refractivity contribution < 1.29 is 136 Å². The van der Waals surface area contributed by atoms with Gasteiger partial charge in [-0.25, -0.2) is 9.78 Å². The summed E-state index contributed by atoms with van der Waals surface area (Å²) in [4.78, 5) is 332. The zero-order valence-electron chi connectivity index (χ0n) is 81.9. The Hall–Kier alpha value is -12.8. The maximum absolute atomic E-state index is 15.0. The molecule has 0 bridgehead atoms. The lowest BCUT2D eigenvalue weighted by Crippen LogP contribution is -2.63. The molecule has 7 saturated heterocycles. The van der Waals surface area contributed by atoms with E-state index in [1.807, 2.05) is 6.26 Å². The van der Waals surface area contributed by atoms with E-state index in [2.05, 4.69) is 73.8 Å². The Kier molecular flexibility index (Phi) is 45.2. The Labute approximate surface area is 835 Å². The second-order valence-corrected chi connectivity index (χ2v) is 38.3. The van der Waals surface area contributed by atoms with Crippen molar-refractivity contribution in [3.05, 3.63) is 18.2 Å². The van der Waals surface area contributed by atoms with E-state index in [1.165, 1.54) is 62.6 Å². The van der Waals surface area contributed by atoms with Crippen LogP contribution in [-0.2, 0) is 117 Å². The number of imidazole rings is 1. The van der Waals surface area contributed by atoms with Crippen molar-refractivity contribution in [3.63, 3.8) is 0 Å². The number of rotatable bonds is 54. The third-order valence-corrected chi connectivity index (χ3v) is 27.6. The maximum Gasteiger partial charge on any atom is 0.326 e. The summed E-state index contributed by atoms with van der Waals surface area (Å²) in [5.74, 6) is -21.1. The van der Waals surface area contributed by atoms with E-state index in [4.69, 9.17) is 22.9 Å². The summed E-state index contributed by atoms with van der Waals surface area (Å²) in [5, 5.41) is 80.7. The van der Waals surface area contributed by atoms with Gasteiger partial charge in [0.25, 0.3) is 0 Å². The lowest BCUT2D eigenvalue weighted by molar-refractivity contribution is -0.153. The zero-order valence-corrected chi connectivity index (χ0v) is 82.7. The van der Waals surface area contributed by atoms with E-state index in [1.54, 1.807) is 13.8 Å². The summed E-state index contributed by atoms with van der Waals surface area (Å²) in [5.41, 5.74) is 22.8. The number of primary amides is 2. The van der Waals surface area contributed by atoms with Crippen molar-refractivity contribution in [1.82, 2.24) is 108 Å². The molecule has 1 aromatic heterocycles. The highest BCUT2D eigenvalue weighted by atomic mass is 32.2. The van der Waals surface area contributed by atoms with Crippen molar-refractivity contribution in [3.8, 4) is 0 Å². The van der Waals surface area contributed by atoms with Gasteiger partial charge >= 0.3 is 11.9 Å². The molecule has 21 amide bonds. The van der Waals surface area contributed by atoms with E-state index in [-0.39, 0.29) is 148 Å². The van der Waals surface area contributed by atoms with Crippen LogP contribution < -0.4 is 86.7 Å². The number of amides is 21. The molecule has 1 aromatic rings. The number of carbonyl (C=O) groups excluding carboxylic acids is 21. The Morgan fingerprint density at radius 3 is 1.33 bits per heavy atom. The normalized spacial score (nSPS) is 21.7. The average molecular weight is 2050 g/mol. The predicted octanol–water partition coefficient (Wildman–Crippen LogP) is -9.91. The summed E-state index contributed by atoms with van der Waals surface area (Å²) >= 11 is 1.48. The lowest BCUT2D eigenvalue weighted by Gasteiger charge is -2.36. The van der Waals surface area contributed by atoms with Gasteiger partial charge in [0.15, 0.2) is 0 Å². The molecule has 0 saturated carbocycles. The van der Waals surface area contributed by atoms with E-state index < -0.39 is 308 Å². The van der Waals surface area contributed by atoms with Gasteiger partial charge in [-0.3, -0.25) is 105 Å². The number of nitrogens with two attached hydrogens (primary N) is 4. The Morgan fingerprint density at radius 2 is 0.854 bits per heavy atom. The van der Waals surface area contributed by atoms with Gasteiger partial charge in [-0.2, -0.15) is 11.8 Å². The Balaban J connectivity index is 0.854. The molecule has 53 nitrogen and oxygen atoms in total. The topological polar surface area (TPSA) is 794 Å².